The highest BCUT2D eigenvalue weighted by atomic mass is 79.9. The molecule has 0 spiro atoms. The maximum absolute atomic E-state index is 12.4. The Hall–Kier alpha value is -1.13. The predicted octanol–water partition coefficient (Wildman–Crippen LogP) is 4.95. The van der Waals surface area contributed by atoms with Crippen LogP contribution in [-0.2, 0) is 6.42 Å². The van der Waals surface area contributed by atoms with Gasteiger partial charge in [-0.2, -0.15) is 0 Å². The Morgan fingerprint density at radius 3 is 2.65 bits per heavy atom. The van der Waals surface area contributed by atoms with Crippen molar-refractivity contribution in [2.24, 2.45) is 0 Å². The van der Waals surface area contributed by atoms with Crippen LogP contribution in [0.2, 0.25) is 0 Å². The standard InChI is InChI=1S/C16H14Br2O2/c1-10-4-3-5-13(16(10)18)15(19)9-11-8-12(20-2)6-7-14(11)17/h3-8H,9H2,1-2H3. The average Bonchev–Trinajstić information content (AvgIpc) is 2.44. The molecule has 0 aliphatic heterocycles. The number of ketones is 1. The van der Waals surface area contributed by atoms with Crippen molar-refractivity contribution < 1.29 is 9.53 Å². The van der Waals surface area contributed by atoms with Gasteiger partial charge in [0.1, 0.15) is 5.75 Å². The Balaban J connectivity index is 2.30. The number of ether oxygens (including phenoxy) is 1. The highest BCUT2D eigenvalue weighted by Crippen LogP contribution is 2.26. The van der Waals surface area contributed by atoms with Gasteiger partial charge in [0.05, 0.1) is 7.11 Å². The van der Waals surface area contributed by atoms with Gasteiger partial charge in [-0.15, -0.1) is 0 Å². The Morgan fingerprint density at radius 2 is 1.95 bits per heavy atom. The van der Waals surface area contributed by atoms with Gasteiger partial charge in [0.25, 0.3) is 0 Å². The second-order valence-electron chi connectivity index (χ2n) is 4.49. The molecular weight excluding hydrogens is 384 g/mol. The predicted molar refractivity (Wildman–Crippen MR) is 87.6 cm³/mol. The topological polar surface area (TPSA) is 26.3 Å². The van der Waals surface area contributed by atoms with E-state index >= 15 is 0 Å². The summed E-state index contributed by atoms with van der Waals surface area (Å²) in [4.78, 5) is 12.4. The third kappa shape index (κ3) is 3.30. The van der Waals surface area contributed by atoms with Gasteiger partial charge < -0.3 is 4.74 Å². The second-order valence-corrected chi connectivity index (χ2v) is 6.14. The summed E-state index contributed by atoms with van der Waals surface area (Å²) in [6.07, 6.45) is 0.333. The van der Waals surface area contributed by atoms with Crippen LogP contribution in [0.15, 0.2) is 45.3 Å². The van der Waals surface area contributed by atoms with E-state index in [0.29, 0.717) is 12.0 Å². The highest BCUT2D eigenvalue weighted by Gasteiger charge is 2.14. The fourth-order valence-corrected chi connectivity index (χ4v) is 2.82. The minimum Gasteiger partial charge on any atom is -0.497 e. The second kappa shape index (κ2) is 6.55. The van der Waals surface area contributed by atoms with E-state index in [1.807, 2.05) is 43.3 Å². The van der Waals surface area contributed by atoms with E-state index in [-0.39, 0.29) is 5.78 Å². The van der Waals surface area contributed by atoms with Crippen LogP contribution >= 0.6 is 31.9 Å². The van der Waals surface area contributed by atoms with Crippen molar-refractivity contribution in [2.75, 3.05) is 7.11 Å². The van der Waals surface area contributed by atoms with Crippen LogP contribution in [0.1, 0.15) is 21.5 Å². The Labute approximate surface area is 135 Å². The van der Waals surface area contributed by atoms with Gasteiger partial charge >= 0.3 is 0 Å². The lowest BCUT2D eigenvalue weighted by atomic mass is 10.0. The molecule has 4 heteroatoms. The number of hydrogen-bond donors (Lipinski definition) is 0. The Morgan fingerprint density at radius 1 is 1.20 bits per heavy atom. The number of aryl methyl sites for hydroxylation is 1. The Kier molecular flexibility index (Phi) is 5.00. The molecule has 2 rings (SSSR count). The molecule has 0 radical (unpaired) electrons. The van der Waals surface area contributed by atoms with Crippen LogP contribution in [0.3, 0.4) is 0 Å². The van der Waals surface area contributed by atoms with E-state index in [4.69, 9.17) is 4.74 Å². The fraction of sp³-hybridized carbons (Fsp3) is 0.188. The van der Waals surface area contributed by atoms with Gasteiger partial charge in [-0.05, 0) is 52.2 Å². The van der Waals surface area contributed by atoms with Crippen molar-refractivity contribution in [1.29, 1.82) is 0 Å². The molecule has 0 bridgehead atoms. The molecule has 0 aliphatic carbocycles. The maximum Gasteiger partial charge on any atom is 0.168 e. The number of rotatable bonds is 4. The van der Waals surface area contributed by atoms with E-state index in [1.54, 1.807) is 7.11 Å². The molecule has 0 atom stereocenters. The van der Waals surface area contributed by atoms with E-state index in [0.717, 1.165) is 25.8 Å². The first-order valence-corrected chi connectivity index (χ1v) is 7.72. The number of carbonyl (C=O) groups excluding carboxylic acids is 1. The van der Waals surface area contributed by atoms with E-state index in [9.17, 15) is 4.79 Å². The molecule has 0 fully saturated rings. The summed E-state index contributed by atoms with van der Waals surface area (Å²) < 4.78 is 6.98. The van der Waals surface area contributed by atoms with Crippen molar-refractivity contribution in [1.82, 2.24) is 0 Å². The highest BCUT2D eigenvalue weighted by molar-refractivity contribution is 9.10. The van der Waals surface area contributed by atoms with Crippen LogP contribution in [0.4, 0.5) is 0 Å². The molecule has 0 heterocycles. The van der Waals surface area contributed by atoms with Gasteiger partial charge in [-0.25, -0.2) is 0 Å². The first kappa shape index (κ1) is 15.3. The van der Waals surface area contributed by atoms with E-state index in [2.05, 4.69) is 31.9 Å². The largest absolute Gasteiger partial charge is 0.497 e. The van der Waals surface area contributed by atoms with Crippen LogP contribution in [0, 0.1) is 6.92 Å². The molecule has 2 nitrogen and oxygen atoms in total. The zero-order chi connectivity index (χ0) is 14.7. The fourth-order valence-electron chi connectivity index (χ4n) is 1.94. The summed E-state index contributed by atoms with van der Waals surface area (Å²) in [5, 5.41) is 0. The summed E-state index contributed by atoms with van der Waals surface area (Å²) >= 11 is 6.96. The quantitative estimate of drug-likeness (QED) is 0.682. The number of Topliss-reactive ketones (excluding diaryl/α,β-unsaturated/α-hetero) is 1. The van der Waals surface area contributed by atoms with Gasteiger partial charge in [0.2, 0.25) is 0 Å². The molecule has 0 unspecified atom stereocenters. The van der Waals surface area contributed by atoms with Gasteiger partial charge in [-0.3, -0.25) is 4.79 Å². The number of carbonyl (C=O) groups is 1. The molecule has 104 valence electrons. The normalized spacial score (nSPS) is 10.4. The molecule has 2 aromatic carbocycles. The molecule has 0 aliphatic rings. The smallest absolute Gasteiger partial charge is 0.168 e. The first-order chi connectivity index (χ1) is 9.52. The molecule has 0 saturated carbocycles. The van der Waals surface area contributed by atoms with Crippen molar-refractivity contribution in [2.45, 2.75) is 13.3 Å². The molecule has 0 aromatic heterocycles. The third-order valence-electron chi connectivity index (χ3n) is 3.10. The molecule has 0 amide bonds. The zero-order valence-electron chi connectivity index (χ0n) is 11.2. The molecule has 0 N–H and O–H groups in total. The summed E-state index contributed by atoms with van der Waals surface area (Å²) in [6, 6.07) is 11.4. The summed E-state index contributed by atoms with van der Waals surface area (Å²) in [5.74, 6) is 0.828. The van der Waals surface area contributed by atoms with Gasteiger partial charge in [0, 0.05) is 20.9 Å². The van der Waals surface area contributed by atoms with Crippen molar-refractivity contribution in [3.05, 3.63) is 62.0 Å². The van der Waals surface area contributed by atoms with Crippen LogP contribution in [0.5, 0.6) is 5.75 Å². The number of methoxy groups -OCH3 is 1. The average molecular weight is 398 g/mol. The molecule has 2 aromatic rings. The van der Waals surface area contributed by atoms with Gasteiger partial charge in [-0.1, -0.05) is 34.1 Å². The van der Waals surface area contributed by atoms with E-state index < -0.39 is 0 Å². The van der Waals surface area contributed by atoms with Gasteiger partial charge in [0.15, 0.2) is 5.78 Å². The lowest BCUT2D eigenvalue weighted by Crippen LogP contribution is -2.06. The number of hydrogen-bond acceptors (Lipinski definition) is 2. The third-order valence-corrected chi connectivity index (χ3v) is 4.92. The van der Waals surface area contributed by atoms with Crippen molar-refractivity contribution in [3.8, 4) is 5.75 Å². The van der Waals surface area contributed by atoms with E-state index in [1.165, 1.54) is 0 Å². The monoisotopic (exact) mass is 396 g/mol. The minimum absolute atomic E-state index is 0.0783. The SMILES string of the molecule is COc1ccc(Br)c(CC(=O)c2cccc(C)c2Br)c1. The minimum atomic E-state index is 0.0783. The zero-order valence-corrected chi connectivity index (χ0v) is 14.4. The molecular formula is C16H14Br2O2. The first-order valence-electron chi connectivity index (χ1n) is 6.13. The lowest BCUT2D eigenvalue weighted by Gasteiger charge is -2.09. The number of halogens is 2. The number of benzene rings is 2. The summed E-state index contributed by atoms with van der Waals surface area (Å²) in [6.45, 7) is 1.97. The Bertz CT molecular complexity index is 651. The van der Waals surface area contributed by atoms with Crippen LogP contribution in [0.25, 0.3) is 0 Å². The van der Waals surface area contributed by atoms with Crippen molar-refractivity contribution in [3.63, 3.8) is 0 Å². The molecule has 20 heavy (non-hydrogen) atoms. The van der Waals surface area contributed by atoms with Crippen LogP contribution in [-0.4, -0.2) is 12.9 Å². The maximum atomic E-state index is 12.4. The molecule has 0 saturated heterocycles. The summed E-state index contributed by atoms with van der Waals surface area (Å²) in [7, 11) is 1.62. The lowest BCUT2D eigenvalue weighted by molar-refractivity contribution is 0.0992. The van der Waals surface area contributed by atoms with Crippen molar-refractivity contribution >= 4 is 37.6 Å². The van der Waals surface area contributed by atoms with Crippen LogP contribution < -0.4 is 4.74 Å². The summed E-state index contributed by atoms with van der Waals surface area (Å²) in [5.41, 5.74) is 2.68.